The summed E-state index contributed by atoms with van der Waals surface area (Å²) in [6.45, 7) is 13.1. The average molecular weight is 829 g/mol. The van der Waals surface area contributed by atoms with Gasteiger partial charge >= 0.3 is 5.97 Å². The van der Waals surface area contributed by atoms with E-state index < -0.39 is 77.0 Å². The Labute approximate surface area is 331 Å². The zero-order valence-electron chi connectivity index (χ0n) is 31.3. The standard InChI is InChI=1S/C41H51BrClN3O8/c1-7-9-18-31(48)44-30(23-52-6)35(26-15-11-10-12-16-26)53-40(51)32-33-38(49)46(27(22-47)20-24(3)4)37(41(33)21-28(42)36(32)54-41)39(50)45(19-8-2)34-25(5)14-13-17-29(34)43/h7-8,10-17,24,27-28,30,32-33,35-37,47H,1-2,9,18-23H2,3-6H3,(H,44,48)/t27-,28?,30-,32-,33+,35-,36-,37-,41+/m1/s1. The van der Waals surface area contributed by atoms with Crippen LogP contribution in [0, 0.1) is 24.7 Å². The third-order valence-corrected chi connectivity index (χ3v) is 11.8. The van der Waals surface area contributed by atoms with Gasteiger partial charge in [-0.15, -0.1) is 13.2 Å². The molecule has 2 aromatic carbocycles. The smallest absolute Gasteiger partial charge is 0.313 e. The fraction of sp³-hybridized carbons (Fsp3) is 0.512. The van der Waals surface area contributed by atoms with Crippen LogP contribution < -0.4 is 10.2 Å². The maximum absolute atomic E-state index is 15.2. The number of likely N-dealkylation sites (tertiary alicyclic amines) is 1. The minimum Gasteiger partial charge on any atom is -0.455 e. The Hall–Kier alpha value is -3.55. The van der Waals surface area contributed by atoms with Crippen molar-refractivity contribution in [3.8, 4) is 0 Å². The predicted molar refractivity (Wildman–Crippen MR) is 210 cm³/mol. The van der Waals surface area contributed by atoms with Crippen LogP contribution in [0.15, 0.2) is 73.8 Å². The first-order valence-electron chi connectivity index (χ1n) is 18.4. The number of carbonyl (C=O) groups excluding carboxylic acids is 4. The van der Waals surface area contributed by atoms with E-state index in [4.69, 9.17) is 25.8 Å². The first-order valence-corrected chi connectivity index (χ1v) is 19.7. The summed E-state index contributed by atoms with van der Waals surface area (Å²) in [5, 5.41) is 14.1. The number of nitrogens with zero attached hydrogens (tertiary/aromatic N) is 2. The Morgan fingerprint density at radius 3 is 2.50 bits per heavy atom. The summed E-state index contributed by atoms with van der Waals surface area (Å²) in [6.07, 6.45) is 2.74. The van der Waals surface area contributed by atoms with Crippen LogP contribution in [-0.4, -0.2) is 95.2 Å². The Morgan fingerprint density at radius 1 is 1.17 bits per heavy atom. The number of nitrogens with one attached hydrogen (secondary N) is 1. The van der Waals surface area contributed by atoms with Gasteiger partial charge in [-0.3, -0.25) is 19.2 Å². The van der Waals surface area contributed by atoms with Crippen molar-refractivity contribution in [1.82, 2.24) is 10.2 Å². The molecule has 3 saturated heterocycles. The van der Waals surface area contributed by atoms with Crippen molar-refractivity contribution in [3.63, 3.8) is 0 Å². The number of para-hydroxylation sites is 1. The molecule has 3 heterocycles. The number of aliphatic hydroxyl groups is 1. The monoisotopic (exact) mass is 827 g/mol. The van der Waals surface area contributed by atoms with Gasteiger partial charge in [0.15, 0.2) is 0 Å². The zero-order chi connectivity index (χ0) is 39.3. The number of benzene rings is 2. The molecule has 2 bridgehead atoms. The van der Waals surface area contributed by atoms with E-state index in [9.17, 15) is 19.5 Å². The van der Waals surface area contributed by atoms with E-state index >= 15 is 4.79 Å². The molecule has 5 rings (SSSR count). The Morgan fingerprint density at radius 2 is 1.89 bits per heavy atom. The lowest BCUT2D eigenvalue weighted by molar-refractivity contribution is -0.163. The van der Waals surface area contributed by atoms with Gasteiger partial charge in [0.1, 0.15) is 17.7 Å². The fourth-order valence-corrected chi connectivity index (χ4v) is 9.75. The highest BCUT2D eigenvalue weighted by Crippen LogP contribution is 2.61. The molecular formula is C41H51BrClN3O8. The second kappa shape index (κ2) is 17.9. The molecule has 3 aliphatic rings. The molecular weight excluding hydrogens is 778 g/mol. The number of esters is 1. The highest BCUT2D eigenvalue weighted by Gasteiger charge is 2.77. The van der Waals surface area contributed by atoms with Crippen LogP contribution in [0.25, 0.3) is 0 Å². The van der Waals surface area contributed by atoms with Crippen LogP contribution in [0.5, 0.6) is 0 Å². The van der Waals surface area contributed by atoms with Crippen molar-refractivity contribution in [2.45, 2.75) is 87.2 Å². The molecule has 13 heteroatoms. The molecule has 1 unspecified atom stereocenters. The number of anilines is 1. The zero-order valence-corrected chi connectivity index (χ0v) is 33.6. The van der Waals surface area contributed by atoms with Gasteiger partial charge in [0.25, 0.3) is 5.91 Å². The summed E-state index contributed by atoms with van der Waals surface area (Å²) in [6, 6.07) is 11.6. The highest BCUT2D eigenvalue weighted by molar-refractivity contribution is 9.09. The van der Waals surface area contributed by atoms with Crippen molar-refractivity contribution < 1.29 is 38.5 Å². The maximum atomic E-state index is 15.2. The first kappa shape index (κ1) is 41.6. The third kappa shape index (κ3) is 8.04. The molecule has 3 amide bonds. The van der Waals surface area contributed by atoms with Gasteiger partial charge in [-0.25, -0.2) is 0 Å². The van der Waals surface area contributed by atoms with E-state index in [-0.39, 0.29) is 37.8 Å². The number of rotatable bonds is 18. The number of methoxy groups -OCH3 is 1. The number of carbonyl (C=O) groups is 4. The van der Waals surface area contributed by atoms with Gasteiger partial charge in [-0.1, -0.05) is 96.0 Å². The minimum absolute atomic E-state index is 0.0307. The van der Waals surface area contributed by atoms with Gasteiger partial charge in [0.05, 0.1) is 53.9 Å². The van der Waals surface area contributed by atoms with Crippen LogP contribution >= 0.6 is 27.5 Å². The first-order chi connectivity index (χ1) is 25.8. The summed E-state index contributed by atoms with van der Waals surface area (Å²) in [7, 11) is 1.49. The summed E-state index contributed by atoms with van der Waals surface area (Å²) < 4.78 is 18.6. The Kier molecular flexibility index (Phi) is 13.8. The number of hydrogen-bond acceptors (Lipinski definition) is 8. The number of hydrogen-bond donors (Lipinski definition) is 2. The molecule has 0 aliphatic carbocycles. The molecule has 0 aromatic heterocycles. The fourth-order valence-electron chi connectivity index (χ4n) is 8.49. The molecule has 3 aliphatic heterocycles. The van der Waals surface area contributed by atoms with Crippen LogP contribution in [0.4, 0.5) is 5.69 Å². The third-order valence-electron chi connectivity index (χ3n) is 10.6. The molecule has 2 N–H and O–H groups in total. The maximum Gasteiger partial charge on any atom is 0.313 e. The average Bonchev–Trinajstić information content (AvgIpc) is 3.74. The molecule has 292 valence electrons. The van der Waals surface area contributed by atoms with Crippen LogP contribution in [0.3, 0.4) is 0 Å². The number of aryl methyl sites for hydroxylation is 1. The molecule has 11 nitrogen and oxygen atoms in total. The lowest BCUT2D eigenvalue weighted by Gasteiger charge is -2.40. The number of fused-ring (bicyclic) bond motifs is 1. The highest BCUT2D eigenvalue weighted by atomic mass is 79.9. The van der Waals surface area contributed by atoms with Gasteiger partial charge in [0.2, 0.25) is 11.8 Å². The quantitative estimate of drug-likeness (QED) is 0.111. The van der Waals surface area contributed by atoms with Gasteiger partial charge in [0, 0.05) is 24.9 Å². The summed E-state index contributed by atoms with van der Waals surface area (Å²) >= 11 is 10.5. The molecule has 2 aromatic rings. The topological polar surface area (TPSA) is 135 Å². The van der Waals surface area contributed by atoms with Crippen LogP contribution in [0.2, 0.25) is 5.02 Å². The van der Waals surface area contributed by atoms with Crippen molar-refractivity contribution >= 4 is 56.9 Å². The second-order valence-electron chi connectivity index (χ2n) is 14.7. The van der Waals surface area contributed by atoms with Gasteiger partial charge in [-0.05, 0) is 49.3 Å². The molecule has 0 saturated carbocycles. The van der Waals surface area contributed by atoms with E-state index in [1.807, 2.05) is 32.9 Å². The molecule has 0 radical (unpaired) electrons. The van der Waals surface area contributed by atoms with Crippen molar-refractivity contribution in [2.24, 2.45) is 17.8 Å². The number of halogens is 2. The Balaban J connectivity index is 1.59. The molecule has 54 heavy (non-hydrogen) atoms. The lowest BCUT2D eigenvalue weighted by atomic mass is 9.70. The summed E-state index contributed by atoms with van der Waals surface area (Å²) in [5.41, 5.74) is 0.396. The van der Waals surface area contributed by atoms with Crippen LogP contribution in [-0.2, 0) is 33.4 Å². The van der Waals surface area contributed by atoms with Crippen molar-refractivity contribution in [3.05, 3.63) is 90.0 Å². The summed E-state index contributed by atoms with van der Waals surface area (Å²) in [5.74, 6) is -4.05. The van der Waals surface area contributed by atoms with Gasteiger partial charge in [-0.2, -0.15) is 0 Å². The summed E-state index contributed by atoms with van der Waals surface area (Å²) in [4.78, 5) is 60.4. The number of amides is 3. The van der Waals surface area contributed by atoms with Crippen molar-refractivity contribution in [1.29, 1.82) is 0 Å². The number of aliphatic hydroxyl groups excluding tert-OH is 1. The van der Waals surface area contributed by atoms with E-state index in [2.05, 4.69) is 34.4 Å². The second-order valence-corrected chi connectivity index (χ2v) is 16.3. The SMILES string of the molecule is C=CCCC(=O)N[C@H](COC)[C@H](OC(=O)[C@H]1[C@@H]2O[C@@]3(CC2Br)[C@@H]1C(=O)N([C@@H](CO)CC(C)C)[C@@H]3C(=O)N(CC=C)c1c(C)cccc1Cl)c1ccccc1. The van der Waals surface area contributed by atoms with Crippen molar-refractivity contribution in [2.75, 3.05) is 31.8 Å². The van der Waals surface area contributed by atoms with Gasteiger partial charge < -0.3 is 34.4 Å². The number of ether oxygens (including phenoxy) is 3. The largest absolute Gasteiger partial charge is 0.455 e. The molecule has 9 atom stereocenters. The van der Waals surface area contributed by atoms with E-state index in [0.29, 0.717) is 29.1 Å². The number of alkyl halides is 1. The number of allylic oxidation sites excluding steroid dienone is 1. The molecule has 1 spiro atoms. The normalized spacial score (nSPS) is 25.9. The van der Waals surface area contributed by atoms with Crippen LogP contribution in [0.1, 0.15) is 56.8 Å². The van der Waals surface area contributed by atoms with E-state index in [1.165, 1.54) is 16.9 Å². The minimum atomic E-state index is -1.44. The van der Waals surface area contributed by atoms with E-state index in [1.54, 1.807) is 48.6 Å². The predicted octanol–water partition coefficient (Wildman–Crippen LogP) is 5.70. The van der Waals surface area contributed by atoms with E-state index in [0.717, 1.165) is 5.56 Å². The molecule has 3 fully saturated rings. The lowest BCUT2D eigenvalue weighted by Crippen LogP contribution is -2.59. The Bertz CT molecular complexity index is 1690.